The number of alkyl halides is 3. The number of carbonyl (C=O) groups excluding carboxylic acids is 3. The predicted molar refractivity (Wildman–Crippen MR) is 107 cm³/mol. The summed E-state index contributed by atoms with van der Waals surface area (Å²) in [4.78, 5) is 36.3. The summed E-state index contributed by atoms with van der Waals surface area (Å²) in [5.74, 6) is -5.34. The lowest BCUT2D eigenvalue weighted by Gasteiger charge is -2.22. The SMILES string of the molecule is CCS(=O)(=O)c1ccc(C(O)=C2C(=O)CCCC2=O)c(C(F)(F)F)c1OCC(=O)N(C)C. The number of rotatable bonds is 6. The highest BCUT2D eigenvalue weighted by Crippen LogP contribution is 2.45. The molecule has 0 spiro atoms. The Morgan fingerprint density at radius 2 is 1.72 bits per heavy atom. The van der Waals surface area contributed by atoms with Crippen molar-refractivity contribution < 1.29 is 45.8 Å². The first kappa shape index (κ1) is 25.4. The summed E-state index contributed by atoms with van der Waals surface area (Å²) in [5, 5.41) is 10.5. The van der Waals surface area contributed by atoms with Crippen LogP contribution in [0.2, 0.25) is 0 Å². The predicted octanol–water partition coefficient (Wildman–Crippen LogP) is 2.56. The van der Waals surface area contributed by atoms with Gasteiger partial charge in [0.15, 0.2) is 33.8 Å². The zero-order valence-electron chi connectivity index (χ0n) is 17.6. The topological polar surface area (TPSA) is 118 Å². The van der Waals surface area contributed by atoms with Crippen molar-refractivity contribution in [3.05, 3.63) is 28.8 Å². The first-order valence-electron chi connectivity index (χ1n) is 9.52. The van der Waals surface area contributed by atoms with Crippen LogP contribution in [0.3, 0.4) is 0 Å². The molecule has 0 aromatic heterocycles. The number of sulfone groups is 1. The van der Waals surface area contributed by atoms with Gasteiger partial charge < -0.3 is 14.7 Å². The van der Waals surface area contributed by atoms with Crippen molar-refractivity contribution in [1.82, 2.24) is 4.90 Å². The van der Waals surface area contributed by atoms with E-state index in [0.717, 1.165) is 11.0 Å². The van der Waals surface area contributed by atoms with Crippen molar-refractivity contribution >= 4 is 33.1 Å². The third-order valence-electron chi connectivity index (χ3n) is 4.82. The summed E-state index contributed by atoms with van der Waals surface area (Å²) in [7, 11) is -1.60. The summed E-state index contributed by atoms with van der Waals surface area (Å²) < 4.78 is 72.3. The minimum absolute atomic E-state index is 0.129. The molecule has 0 aliphatic heterocycles. The average molecular weight is 477 g/mol. The van der Waals surface area contributed by atoms with E-state index in [2.05, 4.69) is 0 Å². The second kappa shape index (κ2) is 9.31. The van der Waals surface area contributed by atoms with Gasteiger partial charge in [-0.05, 0) is 18.6 Å². The number of hydrogen-bond acceptors (Lipinski definition) is 7. The normalized spacial score (nSPS) is 15.0. The van der Waals surface area contributed by atoms with E-state index in [-0.39, 0.29) is 19.3 Å². The molecule has 1 N–H and O–H groups in total. The van der Waals surface area contributed by atoms with Crippen LogP contribution in [-0.2, 0) is 30.4 Å². The smallest absolute Gasteiger partial charge is 0.420 e. The van der Waals surface area contributed by atoms with Crippen LogP contribution in [-0.4, -0.2) is 62.4 Å². The number of likely N-dealkylation sites (N-methyl/N-ethyl adjacent to an activating group) is 1. The molecule has 1 aliphatic rings. The number of aliphatic hydroxyl groups is 1. The number of ether oxygens (including phenoxy) is 1. The summed E-state index contributed by atoms with van der Waals surface area (Å²) in [6.07, 6.45) is -5.32. The first-order valence-corrected chi connectivity index (χ1v) is 11.2. The van der Waals surface area contributed by atoms with E-state index in [4.69, 9.17) is 4.74 Å². The quantitative estimate of drug-likeness (QED) is 0.380. The molecule has 8 nitrogen and oxygen atoms in total. The van der Waals surface area contributed by atoms with Crippen molar-refractivity contribution in [2.45, 2.75) is 37.3 Å². The highest BCUT2D eigenvalue weighted by molar-refractivity contribution is 7.91. The van der Waals surface area contributed by atoms with Gasteiger partial charge in [-0.2, -0.15) is 13.2 Å². The fourth-order valence-electron chi connectivity index (χ4n) is 3.06. The van der Waals surface area contributed by atoms with Gasteiger partial charge in [-0.15, -0.1) is 0 Å². The molecule has 0 unspecified atom stereocenters. The molecule has 0 saturated heterocycles. The van der Waals surface area contributed by atoms with E-state index in [9.17, 15) is 41.1 Å². The maximum atomic E-state index is 14.1. The number of carbonyl (C=O) groups is 3. The highest BCUT2D eigenvalue weighted by atomic mass is 32.2. The Bertz CT molecular complexity index is 1070. The van der Waals surface area contributed by atoms with Gasteiger partial charge in [-0.25, -0.2) is 8.42 Å². The third-order valence-corrected chi connectivity index (χ3v) is 6.57. The number of hydrogen-bond donors (Lipinski definition) is 1. The average Bonchev–Trinajstić information content (AvgIpc) is 2.69. The van der Waals surface area contributed by atoms with Gasteiger partial charge in [0.05, 0.1) is 5.75 Å². The van der Waals surface area contributed by atoms with Gasteiger partial charge in [0.1, 0.15) is 21.8 Å². The second-order valence-corrected chi connectivity index (χ2v) is 9.46. The number of halogens is 3. The molecule has 1 aromatic rings. The van der Waals surface area contributed by atoms with Crippen molar-refractivity contribution in [2.24, 2.45) is 0 Å². The maximum Gasteiger partial charge on any atom is 0.420 e. The van der Waals surface area contributed by atoms with Crippen molar-refractivity contribution in [2.75, 3.05) is 26.5 Å². The van der Waals surface area contributed by atoms with Crippen molar-refractivity contribution in [3.63, 3.8) is 0 Å². The standard InChI is InChI=1S/C20H22F3NO7S/c1-4-32(29,30)14-9-8-11(18(28)16-12(25)6-5-7-13(16)26)17(20(21,22)23)19(14)31-10-15(27)24(2)3/h8-9,28H,4-7,10H2,1-3H3. The van der Waals surface area contributed by atoms with E-state index in [1.807, 2.05) is 0 Å². The maximum absolute atomic E-state index is 14.1. The first-order chi connectivity index (χ1) is 14.7. The molecule has 12 heteroatoms. The molecule has 0 bridgehead atoms. The van der Waals surface area contributed by atoms with Crippen LogP contribution in [0.4, 0.5) is 13.2 Å². The molecule has 1 saturated carbocycles. The lowest BCUT2D eigenvalue weighted by atomic mass is 9.88. The third kappa shape index (κ3) is 5.12. The van der Waals surface area contributed by atoms with Crippen LogP contribution in [0.25, 0.3) is 5.76 Å². The zero-order chi connectivity index (χ0) is 24.4. The lowest BCUT2D eigenvalue weighted by Crippen LogP contribution is -2.29. The highest BCUT2D eigenvalue weighted by Gasteiger charge is 2.42. The summed E-state index contributed by atoms with van der Waals surface area (Å²) >= 11 is 0. The molecule has 0 atom stereocenters. The largest absolute Gasteiger partial charge is 0.506 e. The molecule has 0 heterocycles. The molecule has 1 aromatic carbocycles. The summed E-state index contributed by atoms with van der Waals surface area (Å²) in [5.41, 5.74) is -3.46. The van der Waals surface area contributed by atoms with E-state index in [0.29, 0.717) is 6.07 Å². The van der Waals surface area contributed by atoms with Gasteiger partial charge in [-0.3, -0.25) is 14.4 Å². The zero-order valence-corrected chi connectivity index (χ0v) is 18.4. The van der Waals surface area contributed by atoms with E-state index in [1.165, 1.54) is 21.0 Å². The van der Waals surface area contributed by atoms with Crippen LogP contribution < -0.4 is 4.74 Å². The Hall–Kier alpha value is -2.89. The molecule has 1 amide bonds. The Balaban J connectivity index is 2.87. The minimum atomic E-state index is -5.26. The summed E-state index contributed by atoms with van der Waals surface area (Å²) in [6.45, 7) is 0.297. The molecule has 176 valence electrons. The van der Waals surface area contributed by atoms with Gasteiger partial charge in [-0.1, -0.05) is 6.92 Å². The van der Waals surface area contributed by atoms with Crippen LogP contribution in [0, 0.1) is 0 Å². The van der Waals surface area contributed by atoms with Gasteiger partial charge >= 0.3 is 6.18 Å². The molecule has 32 heavy (non-hydrogen) atoms. The van der Waals surface area contributed by atoms with Crippen molar-refractivity contribution in [3.8, 4) is 5.75 Å². The number of nitrogens with zero attached hydrogens (tertiary/aromatic N) is 1. The molecule has 1 aliphatic carbocycles. The fourth-order valence-corrected chi connectivity index (χ4v) is 4.09. The number of amides is 1. The number of Topliss-reactive ketones (excluding diaryl/α,β-unsaturated/α-hetero) is 2. The molecular formula is C20H22F3NO7S. The van der Waals surface area contributed by atoms with Gasteiger partial charge in [0, 0.05) is 32.5 Å². The Kier molecular flexibility index (Phi) is 7.38. The molecule has 1 fully saturated rings. The fraction of sp³-hybridized carbons (Fsp3) is 0.450. The van der Waals surface area contributed by atoms with E-state index in [1.54, 1.807) is 0 Å². The van der Waals surface area contributed by atoms with E-state index >= 15 is 0 Å². The Morgan fingerprint density at radius 3 is 2.19 bits per heavy atom. The van der Waals surface area contributed by atoms with Gasteiger partial charge in [0.25, 0.3) is 5.91 Å². The van der Waals surface area contributed by atoms with Crippen LogP contribution in [0.15, 0.2) is 22.6 Å². The Morgan fingerprint density at radius 1 is 1.16 bits per heavy atom. The van der Waals surface area contributed by atoms with Crippen LogP contribution in [0.1, 0.15) is 37.3 Å². The van der Waals surface area contributed by atoms with E-state index < -0.39 is 79.0 Å². The Labute approximate surface area is 182 Å². The number of benzene rings is 1. The molecular weight excluding hydrogens is 455 g/mol. The van der Waals surface area contributed by atoms with Gasteiger partial charge in [0.2, 0.25) is 0 Å². The summed E-state index contributed by atoms with van der Waals surface area (Å²) in [6, 6.07) is 1.46. The number of aliphatic hydroxyl groups excluding tert-OH is 1. The minimum Gasteiger partial charge on any atom is -0.506 e. The van der Waals surface area contributed by atoms with Crippen molar-refractivity contribution in [1.29, 1.82) is 0 Å². The van der Waals surface area contributed by atoms with Crippen LogP contribution >= 0.6 is 0 Å². The lowest BCUT2D eigenvalue weighted by molar-refractivity contribution is -0.141. The van der Waals surface area contributed by atoms with Crippen LogP contribution in [0.5, 0.6) is 5.75 Å². The number of allylic oxidation sites excluding steroid dienone is 1. The monoisotopic (exact) mass is 477 g/mol. The molecule has 2 rings (SSSR count). The second-order valence-electron chi connectivity index (χ2n) is 7.22. The molecule has 0 radical (unpaired) electrons. The number of ketones is 2.